The molecule has 0 N–H and O–H groups in total. The van der Waals surface area contributed by atoms with Crippen LogP contribution in [0.25, 0.3) is 10.9 Å². The third kappa shape index (κ3) is 3.90. The molecular weight excluding hydrogens is 314 g/mol. The quantitative estimate of drug-likeness (QED) is 0.672. The fraction of sp³-hybridized carbons (Fsp3) is 0.286. The van der Waals surface area contributed by atoms with Crippen molar-refractivity contribution in [3.63, 3.8) is 0 Å². The summed E-state index contributed by atoms with van der Waals surface area (Å²) < 4.78 is 12.6. The van der Waals surface area contributed by atoms with Gasteiger partial charge >= 0.3 is 0 Å². The van der Waals surface area contributed by atoms with Gasteiger partial charge in [0.05, 0.1) is 11.3 Å². The normalized spacial score (nSPS) is 13.1. The third-order valence-electron chi connectivity index (χ3n) is 4.18. The van der Waals surface area contributed by atoms with Gasteiger partial charge in [-0.2, -0.15) is 0 Å². The van der Waals surface area contributed by atoms with E-state index < -0.39 is 10.8 Å². The SMILES string of the molecule is CC(C)(C)c1ccc(C[S@@](=O)Cc2cccc3cccnc23)cc1. The van der Waals surface area contributed by atoms with Crippen molar-refractivity contribution >= 4 is 21.7 Å². The minimum Gasteiger partial charge on any atom is -0.259 e. The van der Waals surface area contributed by atoms with Gasteiger partial charge < -0.3 is 0 Å². The van der Waals surface area contributed by atoms with Gasteiger partial charge in [0.2, 0.25) is 0 Å². The number of aromatic nitrogens is 1. The first-order valence-corrected chi connectivity index (χ1v) is 9.69. The van der Waals surface area contributed by atoms with Gasteiger partial charge in [-0.05, 0) is 28.2 Å². The largest absolute Gasteiger partial charge is 0.259 e. The van der Waals surface area contributed by atoms with Crippen molar-refractivity contribution in [2.24, 2.45) is 0 Å². The van der Waals surface area contributed by atoms with Crippen LogP contribution in [-0.4, -0.2) is 9.19 Å². The molecule has 2 aromatic carbocycles. The number of hydrogen-bond donors (Lipinski definition) is 0. The Morgan fingerprint density at radius 1 is 0.917 bits per heavy atom. The lowest BCUT2D eigenvalue weighted by atomic mass is 9.87. The minimum absolute atomic E-state index is 0.145. The van der Waals surface area contributed by atoms with Crippen LogP contribution >= 0.6 is 0 Å². The van der Waals surface area contributed by atoms with Gasteiger partial charge in [0, 0.05) is 28.1 Å². The molecule has 3 heteroatoms. The number of nitrogens with zero attached hydrogens (tertiary/aromatic N) is 1. The topological polar surface area (TPSA) is 30.0 Å². The highest BCUT2D eigenvalue weighted by Crippen LogP contribution is 2.23. The Kier molecular flexibility index (Phi) is 4.81. The van der Waals surface area contributed by atoms with Crippen LogP contribution in [0.5, 0.6) is 0 Å². The van der Waals surface area contributed by atoms with Crippen molar-refractivity contribution in [3.8, 4) is 0 Å². The van der Waals surface area contributed by atoms with Gasteiger partial charge in [-0.25, -0.2) is 0 Å². The summed E-state index contributed by atoms with van der Waals surface area (Å²) in [7, 11) is -0.946. The van der Waals surface area contributed by atoms with Crippen LogP contribution in [0.3, 0.4) is 0 Å². The summed E-state index contributed by atoms with van der Waals surface area (Å²) in [5.74, 6) is 1.11. The zero-order chi connectivity index (χ0) is 17.2. The summed E-state index contributed by atoms with van der Waals surface area (Å²) in [5.41, 5.74) is 4.57. The molecule has 0 amide bonds. The van der Waals surface area contributed by atoms with Crippen LogP contribution < -0.4 is 0 Å². The fourth-order valence-corrected chi connectivity index (χ4v) is 4.04. The van der Waals surface area contributed by atoms with Gasteiger partial charge in [-0.15, -0.1) is 0 Å². The Labute approximate surface area is 146 Å². The highest BCUT2D eigenvalue weighted by atomic mass is 32.2. The Bertz CT molecular complexity index is 858. The summed E-state index contributed by atoms with van der Waals surface area (Å²) >= 11 is 0. The van der Waals surface area contributed by atoms with Crippen LogP contribution in [0.2, 0.25) is 0 Å². The predicted octanol–water partition coefficient (Wildman–Crippen LogP) is 4.98. The molecule has 0 fully saturated rings. The second kappa shape index (κ2) is 6.86. The summed E-state index contributed by atoms with van der Waals surface area (Å²) in [4.78, 5) is 4.45. The summed E-state index contributed by atoms with van der Waals surface area (Å²) in [5, 5.41) is 1.10. The predicted molar refractivity (Wildman–Crippen MR) is 102 cm³/mol. The zero-order valence-corrected chi connectivity index (χ0v) is 15.3. The van der Waals surface area contributed by atoms with Crippen molar-refractivity contribution in [1.29, 1.82) is 0 Å². The van der Waals surface area contributed by atoms with E-state index in [0.29, 0.717) is 11.5 Å². The second-order valence-corrected chi connectivity index (χ2v) is 8.62. The Hall–Kier alpha value is -2.00. The van der Waals surface area contributed by atoms with E-state index >= 15 is 0 Å². The van der Waals surface area contributed by atoms with Crippen LogP contribution in [0.15, 0.2) is 60.8 Å². The minimum atomic E-state index is -0.946. The first kappa shape index (κ1) is 16.8. The monoisotopic (exact) mass is 337 g/mol. The second-order valence-electron chi connectivity index (χ2n) is 7.17. The van der Waals surface area contributed by atoms with Crippen LogP contribution in [0.4, 0.5) is 0 Å². The number of rotatable bonds is 4. The molecule has 0 unspecified atom stereocenters. The van der Waals surface area contributed by atoms with Crippen molar-refractivity contribution in [2.45, 2.75) is 37.7 Å². The van der Waals surface area contributed by atoms with Gasteiger partial charge in [0.25, 0.3) is 0 Å². The van der Waals surface area contributed by atoms with Crippen LogP contribution in [0.1, 0.15) is 37.5 Å². The molecule has 2 nitrogen and oxygen atoms in total. The molecule has 0 bridgehead atoms. The molecule has 0 aliphatic carbocycles. The highest BCUT2D eigenvalue weighted by molar-refractivity contribution is 7.83. The van der Waals surface area contributed by atoms with Crippen molar-refractivity contribution in [1.82, 2.24) is 4.98 Å². The maximum atomic E-state index is 12.6. The number of para-hydroxylation sites is 1. The van der Waals surface area contributed by atoms with Gasteiger partial charge in [-0.1, -0.05) is 69.3 Å². The average molecular weight is 337 g/mol. The van der Waals surface area contributed by atoms with Crippen molar-refractivity contribution < 1.29 is 4.21 Å². The van der Waals surface area contributed by atoms with E-state index in [-0.39, 0.29) is 5.41 Å². The molecule has 0 saturated heterocycles. The van der Waals surface area contributed by atoms with E-state index in [4.69, 9.17) is 0 Å². The number of benzene rings is 2. The number of hydrogen-bond acceptors (Lipinski definition) is 2. The lowest BCUT2D eigenvalue weighted by molar-refractivity contribution is 0.590. The lowest BCUT2D eigenvalue weighted by Gasteiger charge is -2.19. The van der Waals surface area contributed by atoms with E-state index in [2.05, 4.69) is 50.0 Å². The zero-order valence-electron chi connectivity index (χ0n) is 14.5. The lowest BCUT2D eigenvalue weighted by Crippen LogP contribution is -2.10. The van der Waals surface area contributed by atoms with Gasteiger partial charge in [0.15, 0.2) is 0 Å². The molecule has 124 valence electrons. The third-order valence-corrected chi connectivity index (χ3v) is 5.47. The standard InChI is InChI=1S/C21H23NOS/c1-21(2,3)19-11-9-16(10-12-19)14-24(23)15-18-7-4-6-17-8-5-13-22-20(17)18/h4-13H,14-15H2,1-3H3/t24-/m1/s1. The summed E-state index contributed by atoms with van der Waals surface area (Å²) in [6.07, 6.45) is 1.79. The van der Waals surface area contributed by atoms with Crippen molar-refractivity contribution in [3.05, 3.63) is 77.5 Å². The molecule has 0 saturated carbocycles. The smallest absolute Gasteiger partial charge is 0.0743 e. The molecule has 3 aromatic rings. The van der Waals surface area contributed by atoms with Gasteiger partial charge in [-0.3, -0.25) is 9.19 Å². The molecule has 3 rings (SSSR count). The molecule has 1 atom stereocenters. The Morgan fingerprint density at radius 2 is 1.62 bits per heavy atom. The molecular formula is C21H23NOS. The van der Waals surface area contributed by atoms with Crippen LogP contribution in [-0.2, 0) is 27.7 Å². The molecule has 0 aliphatic heterocycles. The maximum Gasteiger partial charge on any atom is 0.0743 e. The van der Waals surface area contributed by atoms with E-state index in [1.165, 1.54) is 5.56 Å². The summed E-state index contributed by atoms with van der Waals surface area (Å²) in [6.45, 7) is 6.61. The van der Waals surface area contributed by atoms with Crippen molar-refractivity contribution in [2.75, 3.05) is 0 Å². The van der Waals surface area contributed by atoms with Crippen LogP contribution in [0, 0.1) is 0 Å². The molecule has 1 heterocycles. The van der Waals surface area contributed by atoms with Gasteiger partial charge in [0.1, 0.15) is 0 Å². The molecule has 0 spiro atoms. The summed E-state index contributed by atoms with van der Waals surface area (Å²) in [6, 6.07) is 18.5. The Balaban J connectivity index is 1.73. The number of pyridine rings is 1. The first-order valence-electron chi connectivity index (χ1n) is 8.20. The molecule has 1 aromatic heterocycles. The van der Waals surface area contributed by atoms with E-state index in [1.807, 2.05) is 30.3 Å². The van der Waals surface area contributed by atoms with E-state index in [9.17, 15) is 4.21 Å². The van der Waals surface area contributed by atoms with E-state index in [1.54, 1.807) is 6.20 Å². The Morgan fingerprint density at radius 3 is 2.33 bits per heavy atom. The van der Waals surface area contributed by atoms with E-state index in [0.717, 1.165) is 22.0 Å². The first-order chi connectivity index (χ1) is 11.4. The average Bonchev–Trinajstić information content (AvgIpc) is 2.55. The maximum absolute atomic E-state index is 12.6. The number of fused-ring (bicyclic) bond motifs is 1. The molecule has 0 aliphatic rings. The fourth-order valence-electron chi connectivity index (χ4n) is 2.80. The molecule has 0 radical (unpaired) electrons. The molecule has 24 heavy (non-hydrogen) atoms. The highest BCUT2D eigenvalue weighted by Gasteiger charge is 2.13.